The first-order chi connectivity index (χ1) is 9.19. The zero-order chi connectivity index (χ0) is 13.7. The lowest BCUT2D eigenvalue weighted by atomic mass is 10.0. The Labute approximate surface area is 117 Å². The van der Waals surface area contributed by atoms with Crippen molar-refractivity contribution >= 4 is 11.8 Å². The van der Waals surface area contributed by atoms with Gasteiger partial charge in [-0.05, 0) is 42.7 Å². The maximum atomic E-state index is 14.0. The van der Waals surface area contributed by atoms with Crippen LogP contribution in [-0.4, -0.2) is 11.0 Å². The molecular weight excluding hydrogens is 259 g/mol. The molecule has 1 aromatic carbocycles. The van der Waals surface area contributed by atoms with Crippen molar-refractivity contribution in [1.82, 2.24) is 4.98 Å². The molecule has 0 bridgehead atoms. The minimum absolute atomic E-state index is 0.0955. The summed E-state index contributed by atoms with van der Waals surface area (Å²) in [5.41, 5.74) is 6.83. The van der Waals surface area contributed by atoms with Crippen LogP contribution in [0, 0.1) is 5.82 Å². The molecule has 2 rings (SSSR count). The van der Waals surface area contributed by atoms with Crippen LogP contribution in [0.2, 0.25) is 0 Å². The predicted molar refractivity (Wildman–Crippen MR) is 76.7 cm³/mol. The van der Waals surface area contributed by atoms with E-state index in [1.54, 1.807) is 18.5 Å². The summed E-state index contributed by atoms with van der Waals surface area (Å²) < 4.78 is 14.0. The predicted octanol–water partition coefficient (Wildman–Crippen LogP) is 3.65. The van der Waals surface area contributed by atoms with E-state index in [9.17, 15) is 4.39 Å². The molecule has 0 spiro atoms. The fourth-order valence-electron chi connectivity index (χ4n) is 1.73. The lowest BCUT2D eigenvalue weighted by Crippen LogP contribution is -2.21. The van der Waals surface area contributed by atoms with Gasteiger partial charge in [0.15, 0.2) is 0 Å². The summed E-state index contributed by atoms with van der Waals surface area (Å²) in [7, 11) is 0. The molecule has 0 amide bonds. The van der Waals surface area contributed by atoms with Crippen LogP contribution < -0.4 is 5.73 Å². The molecule has 1 aromatic heterocycles. The quantitative estimate of drug-likeness (QED) is 0.906. The van der Waals surface area contributed by atoms with Gasteiger partial charge in [-0.1, -0.05) is 24.8 Å². The molecule has 1 unspecified atom stereocenters. The normalized spacial score (nSPS) is 12.4. The van der Waals surface area contributed by atoms with Gasteiger partial charge in [0.1, 0.15) is 5.82 Å². The smallest absolute Gasteiger partial charge is 0.137 e. The van der Waals surface area contributed by atoms with Gasteiger partial charge in [-0.3, -0.25) is 4.98 Å². The van der Waals surface area contributed by atoms with E-state index in [1.165, 1.54) is 11.8 Å². The summed E-state index contributed by atoms with van der Waals surface area (Å²) in [6.07, 6.45) is 5.02. The second-order valence-corrected chi connectivity index (χ2v) is 5.54. The van der Waals surface area contributed by atoms with Crippen molar-refractivity contribution < 1.29 is 4.39 Å². The van der Waals surface area contributed by atoms with Crippen molar-refractivity contribution in [2.45, 2.75) is 35.6 Å². The molecule has 0 radical (unpaired) electrons. The van der Waals surface area contributed by atoms with Crippen LogP contribution in [0.1, 0.15) is 18.9 Å². The Morgan fingerprint density at radius 3 is 2.63 bits per heavy atom. The molecular formula is C15H17FN2S. The van der Waals surface area contributed by atoms with Crippen LogP contribution in [0.5, 0.6) is 0 Å². The molecule has 19 heavy (non-hydrogen) atoms. The van der Waals surface area contributed by atoms with Gasteiger partial charge in [-0.15, -0.1) is 0 Å². The van der Waals surface area contributed by atoms with Gasteiger partial charge in [0.2, 0.25) is 0 Å². The van der Waals surface area contributed by atoms with E-state index in [2.05, 4.69) is 4.98 Å². The van der Waals surface area contributed by atoms with Crippen LogP contribution in [-0.2, 0) is 6.42 Å². The third-order valence-corrected chi connectivity index (χ3v) is 3.95. The first-order valence-electron chi connectivity index (χ1n) is 6.31. The molecule has 0 aliphatic rings. The highest BCUT2D eigenvalue weighted by Crippen LogP contribution is 2.29. The number of aromatic nitrogens is 1. The SMILES string of the molecule is CCC(N)Cc1ccc(Sc2ccncc2)c(F)c1. The van der Waals surface area contributed by atoms with E-state index in [-0.39, 0.29) is 11.9 Å². The summed E-state index contributed by atoms with van der Waals surface area (Å²) in [6, 6.07) is 9.17. The van der Waals surface area contributed by atoms with Gasteiger partial charge < -0.3 is 5.73 Å². The van der Waals surface area contributed by atoms with Crippen LogP contribution >= 0.6 is 11.8 Å². The summed E-state index contributed by atoms with van der Waals surface area (Å²) in [6.45, 7) is 2.04. The second kappa shape index (κ2) is 6.68. The summed E-state index contributed by atoms with van der Waals surface area (Å²) >= 11 is 1.40. The Bertz CT molecular complexity index is 531. The zero-order valence-electron chi connectivity index (χ0n) is 10.8. The van der Waals surface area contributed by atoms with Crippen LogP contribution in [0.3, 0.4) is 0 Å². The Morgan fingerprint density at radius 1 is 1.26 bits per heavy atom. The lowest BCUT2D eigenvalue weighted by molar-refractivity contribution is 0.593. The monoisotopic (exact) mass is 276 g/mol. The molecule has 2 N–H and O–H groups in total. The summed E-state index contributed by atoms with van der Waals surface area (Å²) in [5.74, 6) is -0.192. The molecule has 2 nitrogen and oxygen atoms in total. The van der Waals surface area contributed by atoms with Crippen molar-refractivity contribution in [3.8, 4) is 0 Å². The van der Waals surface area contributed by atoms with E-state index < -0.39 is 0 Å². The van der Waals surface area contributed by atoms with Gasteiger partial charge in [-0.25, -0.2) is 4.39 Å². The molecule has 4 heteroatoms. The maximum absolute atomic E-state index is 14.0. The van der Waals surface area contributed by atoms with Crippen molar-refractivity contribution in [2.75, 3.05) is 0 Å². The van der Waals surface area contributed by atoms with Gasteiger partial charge >= 0.3 is 0 Å². The van der Waals surface area contributed by atoms with Crippen molar-refractivity contribution in [3.63, 3.8) is 0 Å². The first-order valence-corrected chi connectivity index (χ1v) is 7.12. The third-order valence-electron chi connectivity index (χ3n) is 2.90. The molecule has 2 aromatic rings. The highest BCUT2D eigenvalue weighted by Gasteiger charge is 2.07. The molecule has 0 saturated carbocycles. The van der Waals surface area contributed by atoms with Gasteiger partial charge in [0, 0.05) is 28.2 Å². The van der Waals surface area contributed by atoms with Crippen LogP contribution in [0.15, 0.2) is 52.5 Å². The van der Waals surface area contributed by atoms with Crippen molar-refractivity contribution in [2.24, 2.45) is 5.73 Å². The highest BCUT2D eigenvalue weighted by atomic mass is 32.2. The minimum atomic E-state index is -0.192. The van der Waals surface area contributed by atoms with Gasteiger partial charge in [-0.2, -0.15) is 0 Å². The Balaban J connectivity index is 2.11. The fraction of sp³-hybridized carbons (Fsp3) is 0.267. The second-order valence-electron chi connectivity index (χ2n) is 4.42. The van der Waals surface area contributed by atoms with Gasteiger partial charge in [0.25, 0.3) is 0 Å². The Morgan fingerprint density at radius 2 is 2.00 bits per heavy atom. The number of pyridine rings is 1. The number of hydrogen-bond donors (Lipinski definition) is 1. The molecule has 1 atom stereocenters. The fourth-order valence-corrected chi connectivity index (χ4v) is 2.54. The molecule has 0 aliphatic heterocycles. The Hall–Kier alpha value is -1.39. The maximum Gasteiger partial charge on any atom is 0.137 e. The molecule has 1 heterocycles. The average Bonchev–Trinajstić information content (AvgIpc) is 2.43. The molecule has 0 saturated heterocycles. The number of nitrogens with two attached hydrogens (primary N) is 1. The molecule has 100 valence electrons. The summed E-state index contributed by atoms with van der Waals surface area (Å²) in [5, 5.41) is 0. The van der Waals surface area contributed by atoms with E-state index >= 15 is 0 Å². The van der Waals surface area contributed by atoms with Crippen molar-refractivity contribution in [3.05, 3.63) is 54.1 Å². The minimum Gasteiger partial charge on any atom is -0.327 e. The number of benzene rings is 1. The standard InChI is InChI=1S/C15H17FN2S/c1-2-12(17)9-11-3-4-15(14(16)10-11)19-13-5-7-18-8-6-13/h3-8,10,12H,2,9,17H2,1H3. The van der Waals surface area contributed by atoms with Crippen LogP contribution in [0.4, 0.5) is 4.39 Å². The van der Waals surface area contributed by atoms with Crippen LogP contribution in [0.25, 0.3) is 0 Å². The zero-order valence-corrected chi connectivity index (χ0v) is 11.7. The first kappa shape index (κ1) is 14.0. The Kier molecular flexibility index (Phi) is 4.93. The molecule has 0 fully saturated rings. The number of nitrogens with zero attached hydrogens (tertiary/aromatic N) is 1. The van der Waals surface area contributed by atoms with Gasteiger partial charge in [0.05, 0.1) is 0 Å². The molecule has 0 aliphatic carbocycles. The number of halogens is 1. The third kappa shape index (κ3) is 4.04. The topological polar surface area (TPSA) is 38.9 Å². The number of hydrogen-bond acceptors (Lipinski definition) is 3. The highest BCUT2D eigenvalue weighted by molar-refractivity contribution is 7.99. The summed E-state index contributed by atoms with van der Waals surface area (Å²) in [4.78, 5) is 5.55. The van der Waals surface area contributed by atoms with E-state index in [0.29, 0.717) is 11.3 Å². The number of rotatable bonds is 5. The average molecular weight is 276 g/mol. The van der Waals surface area contributed by atoms with E-state index in [0.717, 1.165) is 16.9 Å². The van der Waals surface area contributed by atoms with E-state index in [4.69, 9.17) is 5.73 Å². The van der Waals surface area contributed by atoms with E-state index in [1.807, 2.05) is 31.2 Å². The van der Waals surface area contributed by atoms with Crippen molar-refractivity contribution in [1.29, 1.82) is 0 Å². The lowest BCUT2D eigenvalue weighted by Gasteiger charge is -2.10. The largest absolute Gasteiger partial charge is 0.327 e.